The number of nitrogens with two attached hydrogens (primary N) is 1. The van der Waals surface area contributed by atoms with Gasteiger partial charge in [-0.15, -0.1) is 0 Å². The number of nitrogen functional groups attached to an aromatic ring is 1. The topological polar surface area (TPSA) is 73.1 Å². The zero-order valence-corrected chi connectivity index (χ0v) is 12.8. The van der Waals surface area contributed by atoms with E-state index in [4.69, 9.17) is 22.1 Å². The van der Waals surface area contributed by atoms with E-state index in [2.05, 4.69) is 21.9 Å². The minimum Gasteiger partial charge on any atom is -0.457 e. The number of hydrogen-bond donors (Lipinski definition) is 2. The summed E-state index contributed by atoms with van der Waals surface area (Å²) in [7, 11) is 0. The molecule has 1 aromatic heterocycles. The number of anilines is 2. The molecule has 3 rings (SSSR count). The first-order chi connectivity index (χ1) is 10.6. The van der Waals surface area contributed by atoms with Crippen LogP contribution >= 0.6 is 11.6 Å². The van der Waals surface area contributed by atoms with E-state index >= 15 is 0 Å². The van der Waals surface area contributed by atoms with Gasteiger partial charge in [-0.3, -0.25) is 0 Å². The van der Waals surface area contributed by atoms with Crippen LogP contribution in [0.4, 0.5) is 11.6 Å². The minimum atomic E-state index is 0.337. The molecule has 0 amide bonds. The molecule has 0 unspecified atom stereocenters. The van der Waals surface area contributed by atoms with Crippen LogP contribution in [-0.2, 0) is 0 Å². The zero-order chi connectivity index (χ0) is 15.5. The van der Waals surface area contributed by atoms with Crippen LogP contribution in [0.25, 0.3) is 5.76 Å². The van der Waals surface area contributed by atoms with Gasteiger partial charge >= 0.3 is 0 Å². The van der Waals surface area contributed by atoms with Crippen molar-refractivity contribution in [1.82, 2.24) is 9.97 Å². The zero-order valence-electron chi connectivity index (χ0n) is 12.1. The SMILES string of the molecule is C=C(Oc1cccc(Cl)c1)c1c(N)ncnc1NC1CCC1. The summed E-state index contributed by atoms with van der Waals surface area (Å²) in [5, 5.41) is 3.96. The molecule has 1 saturated carbocycles. The highest BCUT2D eigenvalue weighted by atomic mass is 35.5. The predicted octanol–water partition coefficient (Wildman–Crippen LogP) is 3.73. The first-order valence-corrected chi connectivity index (χ1v) is 7.51. The molecular weight excluding hydrogens is 300 g/mol. The molecule has 1 aromatic carbocycles. The van der Waals surface area contributed by atoms with Gasteiger partial charge in [-0.2, -0.15) is 0 Å². The van der Waals surface area contributed by atoms with E-state index in [1.165, 1.54) is 12.7 Å². The molecule has 1 aliphatic rings. The number of halogens is 1. The van der Waals surface area contributed by atoms with Crippen molar-refractivity contribution < 1.29 is 4.74 Å². The number of nitrogens with zero attached hydrogens (tertiary/aromatic N) is 2. The van der Waals surface area contributed by atoms with Crippen LogP contribution in [0.1, 0.15) is 24.8 Å². The quantitative estimate of drug-likeness (QED) is 0.822. The summed E-state index contributed by atoms with van der Waals surface area (Å²) in [4.78, 5) is 8.30. The maximum Gasteiger partial charge on any atom is 0.142 e. The fourth-order valence-electron chi connectivity index (χ4n) is 2.25. The molecular formula is C16H17ClN4O. The standard InChI is InChI=1S/C16H17ClN4O/c1-10(22-13-7-2-4-11(17)8-13)14-15(18)19-9-20-16(14)21-12-5-3-6-12/h2,4,7-9,12H,1,3,5-6H2,(H3,18,19,20,21). The van der Waals surface area contributed by atoms with E-state index in [1.54, 1.807) is 18.2 Å². The molecule has 1 aliphatic carbocycles. The summed E-state index contributed by atoms with van der Waals surface area (Å²) in [6, 6.07) is 7.53. The van der Waals surface area contributed by atoms with Crippen LogP contribution in [0.5, 0.6) is 5.75 Å². The molecule has 1 heterocycles. The Hall–Kier alpha value is -2.27. The first-order valence-electron chi connectivity index (χ1n) is 7.13. The molecule has 0 radical (unpaired) electrons. The lowest BCUT2D eigenvalue weighted by Gasteiger charge is -2.28. The van der Waals surface area contributed by atoms with E-state index < -0.39 is 0 Å². The normalized spacial score (nSPS) is 14.2. The van der Waals surface area contributed by atoms with Gasteiger partial charge in [0.15, 0.2) is 0 Å². The lowest BCUT2D eigenvalue weighted by atomic mass is 9.93. The molecule has 0 atom stereocenters. The number of hydrogen-bond acceptors (Lipinski definition) is 5. The average molecular weight is 317 g/mol. The van der Waals surface area contributed by atoms with Crippen molar-refractivity contribution in [3.63, 3.8) is 0 Å². The van der Waals surface area contributed by atoms with Crippen molar-refractivity contribution in [1.29, 1.82) is 0 Å². The monoisotopic (exact) mass is 316 g/mol. The molecule has 0 bridgehead atoms. The van der Waals surface area contributed by atoms with Crippen LogP contribution < -0.4 is 15.8 Å². The Morgan fingerprint density at radius 1 is 1.36 bits per heavy atom. The maximum atomic E-state index is 5.98. The van der Waals surface area contributed by atoms with Gasteiger partial charge in [0.2, 0.25) is 0 Å². The third kappa shape index (κ3) is 3.14. The molecule has 5 nitrogen and oxygen atoms in total. The molecule has 22 heavy (non-hydrogen) atoms. The van der Waals surface area contributed by atoms with Gasteiger partial charge in [0.25, 0.3) is 0 Å². The fraction of sp³-hybridized carbons (Fsp3) is 0.250. The summed E-state index contributed by atoms with van der Waals surface area (Å²) in [6.07, 6.45) is 4.93. The Morgan fingerprint density at radius 2 is 2.18 bits per heavy atom. The van der Waals surface area contributed by atoms with Crippen LogP contribution in [0.3, 0.4) is 0 Å². The summed E-state index contributed by atoms with van der Waals surface area (Å²) in [6.45, 7) is 3.96. The number of ether oxygens (including phenoxy) is 1. The summed E-state index contributed by atoms with van der Waals surface area (Å²) in [5.74, 6) is 1.98. The van der Waals surface area contributed by atoms with Gasteiger partial charge in [0, 0.05) is 11.1 Å². The van der Waals surface area contributed by atoms with Gasteiger partial charge in [-0.1, -0.05) is 24.2 Å². The second-order valence-electron chi connectivity index (χ2n) is 5.24. The van der Waals surface area contributed by atoms with Crippen LogP contribution in [-0.4, -0.2) is 16.0 Å². The fourth-order valence-corrected chi connectivity index (χ4v) is 2.43. The molecule has 0 saturated heterocycles. The largest absolute Gasteiger partial charge is 0.457 e. The summed E-state index contributed by atoms with van der Waals surface area (Å²) < 4.78 is 5.76. The van der Waals surface area contributed by atoms with Crippen LogP contribution in [0.2, 0.25) is 5.02 Å². The van der Waals surface area contributed by atoms with E-state index in [0.29, 0.717) is 39.8 Å². The Balaban J connectivity index is 1.84. The van der Waals surface area contributed by atoms with Crippen molar-refractivity contribution in [2.24, 2.45) is 0 Å². The second kappa shape index (κ2) is 6.23. The Bertz CT molecular complexity index is 700. The lowest BCUT2D eigenvalue weighted by molar-refractivity contribution is 0.444. The molecule has 114 valence electrons. The van der Waals surface area contributed by atoms with Gasteiger partial charge in [-0.25, -0.2) is 9.97 Å². The third-order valence-electron chi connectivity index (χ3n) is 3.64. The van der Waals surface area contributed by atoms with Crippen molar-refractivity contribution in [3.8, 4) is 5.75 Å². The van der Waals surface area contributed by atoms with Crippen molar-refractivity contribution >= 4 is 29.0 Å². The van der Waals surface area contributed by atoms with Crippen LogP contribution in [0, 0.1) is 0 Å². The summed E-state index contributed by atoms with van der Waals surface area (Å²) >= 11 is 5.96. The minimum absolute atomic E-state index is 0.337. The number of rotatable bonds is 5. The Morgan fingerprint density at radius 3 is 2.86 bits per heavy atom. The summed E-state index contributed by atoms with van der Waals surface area (Å²) in [5.41, 5.74) is 6.58. The number of aromatic nitrogens is 2. The molecule has 0 spiro atoms. The first kappa shape index (κ1) is 14.7. The highest BCUT2D eigenvalue weighted by Crippen LogP contribution is 2.31. The third-order valence-corrected chi connectivity index (χ3v) is 3.87. The van der Waals surface area contributed by atoms with E-state index in [-0.39, 0.29) is 0 Å². The average Bonchev–Trinajstić information content (AvgIpc) is 2.42. The van der Waals surface area contributed by atoms with Crippen molar-refractivity contribution in [2.75, 3.05) is 11.1 Å². The maximum absolute atomic E-state index is 5.98. The highest BCUT2D eigenvalue weighted by molar-refractivity contribution is 6.30. The van der Waals surface area contributed by atoms with Crippen molar-refractivity contribution in [3.05, 3.63) is 47.8 Å². The second-order valence-corrected chi connectivity index (χ2v) is 5.67. The number of nitrogens with one attached hydrogen (secondary N) is 1. The molecule has 6 heteroatoms. The van der Waals surface area contributed by atoms with Gasteiger partial charge < -0.3 is 15.8 Å². The number of benzene rings is 1. The van der Waals surface area contributed by atoms with Gasteiger partial charge in [0.05, 0.1) is 0 Å². The molecule has 0 aliphatic heterocycles. The Labute approximate surface area is 134 Å². The van der Waals surface area contributed by atoms with E-state index in [9.17, 15) is 0 Å². The van der Waals surface area contributed by atoms with Gasteiger partial charge in [-0.05, 0) is 37.5 Å². The highest BCUT2D eigenvalue weighted by Gasteiger charge is 2.21. The van der Waals surface area contributed by atoms with Gasteiger partial charge in [0.1, 0.15) is 35.0 Å². The molecule has 2 aromatic rings. The van der Waals surface area contributed by atoms with Crippen LogP contribution in [0.15, 0.2) is 37.2 Å². The lowest BCUT2D eigenvalue weighted by Crippen LogP contribution is -2.28. The molecule has 1 fully saturated rings. The molecule has 3 N–H and O–H groups in total. The van der Waals surface area contributed by atoms with E-state index in [0.717, 1.165) is 12.8 Å². The smallest absolute Gasteiger partial charge is 0.142 e. The van der Waals surface area contributed by atoms with E-state index in [1.807, 2.05) is 6.07 Å². The predicted molar refractivity (Wildman–Crippen MR) is 88.8 cm³/mol. The van der Waals surface area contributed by atoms with Crippen molar-refractivity contribution in [2.45, 2.75) is 25.3 Å². The Kier molecular flexibility index (Phi) is 4.15.